The molecule has 2 aromatic carbocycles. The molecule has 0 aliphatic heterocycles. The topological polar surface area (TPSA) is 17.1 Å². The van der Waals surface area contributed by atoms with Crippen LogP contribution < -0.4 is 0 Å². The molecule has 0 saturated carbocycles. The van der Waals surface area contributed by atoms with Gasteiger partial charge in [-0.25, -0.2) is 0 Å². The summed E-state index contributed by atoms with van der Waals surface area (Å²) >= 11 is 0. The smallest absolute Gasteiger partial charge is 0.130 e. The lowest BCUT2D eigenvalue weighted by Gasteiger charge is -2.10. The highest BCUT2D eigenvalue weighted by molar-refractivity contribution is 5.76. The van der Waals surface area contributed by atoms with Crippen molar-refractivity contribution >= 4 is 5.78 Å². The molecule has 0 saturated heterocycles. The van der Waals surface area contributed by atoms with Gasteiger partial charge in [-0.15, -0.1) is 0 Å². The summed E-state index contributed by atoms with van der Waals surface area (Å²) < 4.78 is 0. The molecule has 0 heterocycles. The Morgan fingerprint density at radius 3 is 2.06 bits per heavy atom. The Labute approximate surface area is 108 Å². The first kappa shape index (κ1) is 12.6. The third-order valence-corrected chi connectivity index (χ3v) is 3.18. The molecule has 0 bridgehead atoms. The second-order valence-corrected chi connectivity index (χ2v) is 4.80. The minimum Gasteiger partial charge on any atom is -0.300 e. The van der Waals surface area contributed by atoms with Gasteiger partial charge in [0.05, 0.1) is 0 Å². The van der Waals surface area contributed by atoms with Crippen LogP contribution in [0.25, 0.3) is 11.1 Å². The number of rotatable bonds is 4. The standard InChI is InChI=1S/C17H18O/c1-13(12-14(2)18)15-8-10-17(11-9-15)16-6-4-3-5-7-16/h3-11,13H,12H2,1-2H3/t13-/m0/s1. The maximum atomic E-state index is 11.1. The number of ketones is 1. The summed E-state index contributed by atoms with van der Waals surface area (Å²) in [7, 11) is 0. The van der Waals surface area contributed by atoms with Crippen LogP contribution in [0, 0.1) is 0 Å². The van der Waals surface area contributed by atoms with Crippen molar-refractivity contribution in [3.05, 3.63) is 60.2 Å². The van der Waals surface area contributed by atoms with E-state index in [0.717, 1.165) is 0 Å². The van der Waals surface area contributed by atoms with Crippen molar-refractivity contribution in [1.82, 2.24) is 0 Å². The van der Waals surface area contributed by atoms with Crippen LogP contribution in [0.4, 0.5) is 0 Å². The van der Waals surface area contributed by atoms with E-state index in [1.54, 1.807) is 6.92 Å². The van der Waals surface area contributed by atoms with Gasteiger partial charge in [0.2, 0.25) is 0 Å². The minimum absolute atomic E-state index is 0.245. The van der Waals surface area contributed by atoms with Gasteiger partial charge in [0, 0.05) is 6.42 Å². The third-order valence-electron chi connectivity index (χ3n) is 3.18. The number of hydrogen-bond acceptors (Lipinski definition) is 1. The van der Waals surface area contributed by atoms with Crippen molar-refractivity contribution in [2.45, 2.75) is 26.2 Å². The summed E-state index contributed by atoms with van der Waals surface area (Å²) in [6, 6.07) is 18.8. The SMILES string of the molecule is CC(=O)C[C@H](C)c1ccc(-c2ccccc2)cc1. The molecule has 0 aromatic heterocycles. The molecule has 18 heavy (non-hydrogen) atoms. The van der Waals surface area contributed by atoms with Crippen LogP contribution in [0.1, 0.15) is 31.7 Å². The van der Waals surface area contributed by atoms with Crippen molar-refractivity contribution in [3.8, 4) is 11.1 Å². The number of Topliss-reactive ketones (excluding diaryl/α,β-unsaturated/α-hetero) is 1. The van der Waals surface area contributed by atoms with Gasteiger partial charge in [-0.3, -0.25) is 0 Å². The van der Waals surface area contributed by atoms with Gasteiger partial charge in [-0.1, -0.05) is 61.5 Å². The highest BCUT2D eigenvalue weighted by Crippen LogP contribution is 2.24. The van der Waals surface area contributed by atoms with Crippen LogP contribution in [0.15, 0.2) is 54.6 Å². The number of hydrogen-bond donors (Lipinski definition) is 0. The predicted octanol–water partition coefficient (Wildman–Crippen LogP) is 4.44. The Bertz CT molecular complexity index is 511. The van der Waals surface area contributed by atoms with Crippen LogP contribution in [0.5, 0.6) is 0 Å². The van der Waals surface area contributed by atoms with E-state index in [1.807, 2.05) is 18.2 Å². The quantitative estimate of drug-likeness (QED) is 0.769. The van der Waals surface area contributed by atoms with Crippen LogP contribution in [0.2, 0.25) is 0 Å². The Kier molecular flexibility index (Phi) is 3.93. The lowest BCUT2D eigenvalue weighted by Crippen LogP contribution is -2.00. The molecule has 0 spiro atoms. The molecule has 1 heteroatoms. The Hall–Kier alpha value is -1.89. The van der Waals surface area contributed by atoms with Gasteiger partial charge in [-0.2, -0.15) is 0 Å². The Balaban J connectivity index is 2.18. The fourth-order valence-electron chi connectivity index (χ4n) is 2.18. The fraction of sp³-hybridized carbons (Fsp3) is 0.235. The first-order chi connectivity index (χ1) is 8.66. The normalized spacial score (nSPS) is 12.1. The third kappa shape index (κ3) is 3.07. The summed E-state index contributed by atoms with van der Waals surface area (Å²) in [5, 5.41) is 0. The predicted molar refractivity (Wildman–Crippen MR) is 75.6 cm³/mol. The molecule has 0 N–H and O–H groups in total. The zero-order valence-corrected chi connectivity index (χ0v) is 10.9. The van der Waals surface area contributed by atoms with Crippen LogP contribution in [0.3, 0.4) is 0 Å². The lowest BCUT2D eigenvalue weighted by atomic mass is 9.94. The summed E-state index contributed by atoms with van der Waals surface area (Å²) in [6.07, 6.45) is 0.616. The second-order valence-electron chi connectivity index (χ2n) is 4.80. The zero-order valence-electron chi connectivity index (χ0n) is 10.9. The van der Waals surface area contributed by atoms with E-state index >= 15 is 0 Å². The van der Waals surface area contributed by atoms with E-state index in [2.05, 4.69) is 43.3 Å². The van der Waals surface area contributed by atoms with Crippen molar-refractivity contribution < 1.29 is 4.79 Å². The first-order valence-corrected chi connectivity index (χ1v) is 6.31. The van der Waals surface area contributed by atoms with Gasteiger partial charge < -0.3 is 4.79 Å². The second kappa shape index (κ2) is 5.63. The number of benzene rings is 2. The van der Waals surface area contributed by atoms with Gasteiger partial charge in [-0.05, 0) is 29.5 Å². The molecule has 0 fully saturated rings. The summed E-state index contributed by atoms with van der Waals surface area (Å²) in [6.45, 7) is 3.74. The summed E-state index contributed by atoms with van der Waals surface area (Å²) in [5.41, 5.74) is 3.67. The maximum Gasteiger partial charge on any atom is 0.130 e. The molecule has 2 rings (SSSR count). The largest absolute Gasteiger partial charge is 0.300 e. The van der Waals surface area contributed by atoms with E-state index in [9.17, 15) is 4.79 Å². The van der Waals surface area contributed by atoms with Gasteiger partial charge in [0.1, 0.15) is 5.78 Å². The molecular formula is C17H18O. The van der Waals surface area contributed by atoms with Gasteiger partial charge >= 0.3 is 0 Å². The zero-order chi connectivity index (χ0) is 13.0. The molecule has 1 atom stereocenters. The summed E-state index contributed by atoms with van der Waals surface area (Å²) in [4.78, 5) is 11.1. The molecule has 2 aromatic rings. The van der Waals surface area contributed by atoms with Crippen LogP contribution >= 0.6 is 0 Å². The average molecular weight is 238 g/mol. The average Bonchev–Trinajstić information content (AvgIpc) is 2.39. The Morgan fingerprint density at radius 2 is 1.50 bits per heavy atom. The van der Waals surface area contributed by atoms with Crippen molar-refractivity contribution in [3.63, 3.8) is 0 Å². The van der Waals surface area contributed by atoms with E-state index in [1.165, 1.54) is 16.7 Å². The summed E-state index contributed by atoms with van der Waals surface area (Å²) in [5.74, 6) is 0.543. The van der Waals surface area contributed by atoms with Crippen LogP contribution in [-0.2, 0) is 4.79 Å². The van der Waals surface area contributed by atoms with E-state index in [0.29, 0.717) is 12.3 Å². The number of carbonyl (C=O) groups excluding carboxylic acids is 1. The molecule has 0 aliphatic rings. The van der Waals surface area contributed by atoms with Gasteiger partial charge in [0.25, 0.3) is 0 Å². The fourth-order valence-corrected chi connectivity index (χ4v) is 2.18. The maximum absolute atomic E-state index is 11.1. The van der Waals surface area contributed by atoms with Crippen molar-refractivity contribution in [1.29, 1.82) is 0 Å². The highest BCUT2D eigenvalue weighted by Gasteiger charge is 2.08. The number of carbonyl (C=O) groups is 1. The highest BCUT2D eigenvalue weighted by atomic mass is 16.1. The van der Waals surface area contributed by atoms with E-state index in [-0.39, 0.29) is 5.78 Å². The van der Waals surface area contributed by atoms with E-state index in [4.69, 9.17) is 0 Å². The molecule has 0 unspecified atom stereocenters. The molecule has 1 nitrogen and oxygen atoms in total. The lowest BCUT2D eigenvalue weighted by molar-refractivity contribution is -0.117. The molecule has 0 amide bonds. The molecular weight excluding hydrogens is 220 g/mol. The molecule has 0 radical (unpaired) electrons. The van der Waals surface area contributed by atoms with Gasteiger partial charge in [0.15, 0.2) is 0 Å². The van der Waals surface area contributed by atoms with Crippen molar-refractivity contribution in [2.75, 3.05) is 0 Å². The van der Waals surface area contributed by atoms with E-state index < -0.39 is 0 Å². The monoisotopic (exact) mass is 238 g/mol. The van der Waals surface area contributed by atoms with Crippen molar-refractivity contribution in [2.24, 2.45) is 0 Å². The first-order valence-electron chi connectivity index (χ1n) is 6.31. The Morgan fingerprint density at radius 1 is 0.944 bits per heavy atom. The minimum atomic E-state index is 0.245. The molecule has 92 valence electrons. The van der Waals surface area contributed by atoms with Crippen LogP contribution in [-0.4, -0.2) is 5.78 Å². The molecule has 0 aliphatic carbocycles.